The summed E-state index contributed by atoms with van der Waals surface area (Å²) in [6.07, 6.45) is -5.63. The summed E-state index contributed by atoms with van der Waals surface area (Å²) in [5.41, 5.74) is -4.75. The van der Waals surface area contributed by atoms with Crippen molar-refractivity contribution in [3.63, 3.8) is 0 Å². The van der Waals surface area contributed by atoms with Gasteiger partial charge in [0.1, 0.15) is 0 Å². The third-order valence-electron chi connectivity index (χ3n) is 4.73. The number of Topliss-reactive ketones (excluding diaryl/α,β-unsaturated/α-hetero) is 4. The molecule has 4 nitrogen and oxygen atoms in total. The molecule has 0 spiro atoms. The molecule has 1 radical (unpaired) electrons. The van der Waals surface area contributed by atoms with Crippen LogP contribution < -0.4 is 0 Å². The zero-order valence-corrected chi connectivity index (χ0v) is 18.7. The second kappa shape index (κ2) is 10.6. The molecule has 163 valence electrons. The molecule has 8 heteroatoms. The third-order valence-corrected chi connectivity index (χ3v) is 4.73. The molecule has 0 aliphatic heterocycles. The van der Waals surface area contributed by atoms with Gasteiger partial charge in [-0.05, 0) is 0 Å². The van der Waals surface area contributed by atoms with Crippen LogP contribution in [0.3, 0.4) is 0 Å². The molecule has 0 saturated heterocycles. The first-order chi connectivity index (χ1) is 14.7. The summed E-state index contributed by atoms with van der Waals surface area (Å²) in [7, 11) is 0. The molecule has 0 saturated carbocycles. The minimum absolute atomic E-state index is 0. The fraction of sp³-hybridized carbons (Fsp3) is 0.0833. The topological polar surface area (TPSA) is 68.3 Å². The zero-order valence-electron chi connectivity index (χ0n) is 16.3. The molecule has 0 heterocycles. The molecule has 3 aromatic rings. The van der Waals surface area contributed by atoms with Gasteiger partial charge in [-0.3, -0.25) is 19.2 Å². The fourth-order valence-corrected chi connectivity index (χ4v) is 3.25. The Labute approximate surface area is 222 Å². The summed E-state index contributed by atoms with van der Waals surface area (Å²) >= 11 is 0. The second-order valence-corrected chi connectivity index (χ2v) is 6.66. The van der Waals surface area contributed by atoms with E-state index in [-0.39, 0.29) is 66.1 Å². The van der Waals surface area contributed by atoms with Gasteiger partial charge in [0.2, 0.25) is 5.41 Å². The Hall–Kier alpha value is -2.29. The average Bonchev–Trinajstić information content (AvgIpc) is 2.80. The van der Waals surface area contributed by atoms with Crippen molar-refractivity contribution in [1.82, 2.24) is 0 Å². The Bertz CT molecular complexity index is 1000. The standard InChI is InChI=1S/C24H15F3O4.Eu/c25-24(26,27)22(31)23(19(28)16-10-4-1-5-11-16,20(29)17-12-6-2-7-13-17)21(30)18-14-8-3-9-15-18;/h1-15H;. The number of benzene rings is 3. The van der Waals surface area contributed by atoms with Crippen LogP contribution in [-0.4, -0.2) is 29.3 Å². The number of carbonyl (C=O) groups excluding carboxylic acids is 4. The number of halogens is 3. The first kappa shape index (κ1) is 26.0. The number of ketones is 4. The molecular weight excluding hydrogens is 561 g/mol. The molecule has 3 aromatic carbocycles. The average molecular weight is 576 g/mol. The van der Waals surface area contributed by atoms with E-state index in [0.717, 1.165) is 36.4 Å². The minimum atomic E-state index is -5.63. The van der Waals surface area contributed by atoms with Crippen LogP contribution in [0.15, 0.2) is 91.0 Å². The maximum atomic E-state index is 13.8. The van der Waals surface area contributed by atoms with Crippen LogP contribution in [0.25, 0.3) is 0 Å². The molecule has 0 bridgehead atoms. The fourth-order valence-electron chi connectivity index (χ4n) is 3.25. The number of hydrogen-bond donors (Lipinski definition) is 0. The predicted octanol–water partition coefficient (Wildman–Crippen LogP) is 4.75. The van der Waals surface area contributed by atoms with Crippen molar-refractivity contribution in [3.8, 4) is 0 Å². The van der Waals surface area contributed by atoms with Crippen molar-refractivity contribution in [2.24, 2.45) is 5.41 Å². The van der Waals surface area contributed by atoms with Crippen LogP contribution in [0, 0.1) is 54.8 Å². The van der Waals surface area contributed by atoms with Gasteiger partial charge in [0.05, 0.1) is 0 Å². The third kappa shape index (κ3) is 4.87. The van der Waals surface area contributed by atoms with Crippen molar-refractivity contribution in [2.45, 2.75) is 6.18 Å². The largest absolute Gasteiger partial charge is 0.452 e. The monoisotopic (exact) mass is 577 g/mol. The van der Waals surface area contributed by atoms with Gasteiger partial charge in [-0.2, -0.15) is 13.2 Å². The number of alkyl halides is 3. The van der Waals surface area contributed by atoms with E-state index in [1.165, 1.54) is 54.6 Å². The van der Waals surface area contributed by atoms with Gasteiger partial charge in [0, 0.05) is 66.1 Å². The van der Waals surface area contributed by atoms with E-state index in [4.69, 9.17) is 0 Å². The van der Waals surface area contributed by atoms with Crippen LogP contribution in [0.4, 0.5) is 13.2 Å². The molecule has 0 fully saturated rings. The number of carbonyl (C=O) groups is 4. The predicted molar refractivity (Wildman–Crippen MR) is 106 cm³/mol. The molecule has 3 rings (SSSR count). The Kier molecular flexibility index (Phi) is 8.57. The first-order valence-electron chi connectivity index (χ1n) is 9.12. The van der Waals surface area contributed by atoms with Crippen molar-refractivity contribution in [1.29, 1.82) is 0 Å². The maximum Gasteiger partial charge on any atom is 0.452 e. The quantitative estimate of drug-likeness (QED) is 0.301. The van der Waals surface area contributed by atoms with Crippen molar-refractivity contribution >= 4 is 23.1 Å². The van der Waals surface area contributed by atoms with Crippen LogP contribution >= 0.6 is 0 Å². The summed E-state index contributed by atoms with van der Waals surface area (Å²) in [4.78, 5) is 53.0. The van der Waals surface area contributed by atoms with E-state index in [9.17, 15) is 32.3 Å². The van der Waals surface area contributed by atoms with E-state index in [1.807, 2.05) is 0 Å². The summed E-state index contributed by atoms with van der Waals surface area (Å²) in [5.74, 6) is -7.31. The van der Waals surface area contributed by atoms with E-state index in [2.05, 4.69) is 0 Å². The molecule has 0 aliphatic carbocycles. The molecule has 0 unspecified atom stereocenters. The van der Waals surface area contributed by atoms with E-state index >= 15 is 0 Å². The Morgan fingerprint density at radius 3 is 0.969 bits per heavy atom. The van der Waals surface area contributed by atoms with Gasteiger partial charge < -0.3 is 0 Å². The minimum Gasteiger partial charge on any atom is -0.292 e. The van der Waals surface area contributed by atoms with Gasteiger partial charge in [0.25, 0.3) is 5.78 Å². The molecule has 0 N–H and O–H groups in total. The van der Waals surface area contributed by atoms with Crippen LogP contribution in [0.5, 0.6) is 0 Å². The molecule has 0 amide bonds. The Morgan fingerprint density at radius 1 is 0.500 bits per heavy atom. The number of rotatable bonds is 7. The zero-order chi connectivity index (χ0) is 22.6. The Morgan fingerprint density at radius 2 is 0.750 bits per heavy atom. The second-order valence-electron chi connectivity index (χ2n) is 6.66. The summed E-state index contributed by atoms with van der Waals surface area (Å²) in [6, 6.07) is 19.5. The molecule has 0 aliphatic rings. The van der Waals surface area contributed by atoms with Crippen molar-refractivity contribution in [2.75, 3.05) is 0 Å². The van der Waals surface area contributed by atoms with Gasteiger partial charge in [-0.1, -0.05) is 91.0 Å². The molecule has 0 aromatic heterocycles. The summed E-state index contributed by atoms with van der Waals surface area (Å²) in [5, 5.41) is 0. The van der Waals surface area contributed by atoms with E-state index < -0.39 is 34.7 Å². The Balaban J connectivity index is 0.00000363. The van der Waals surface area contributed by atoms with E-state index in [0.29, 0.717) is 0 Å². The van der Waals surface area contributed by atoms with Crippen molar-refractivity contribution < 1.29 is 81.7 Å². The van der Waals surface area contributed by atoms with Crippen LogP contribution in [0.2, 0.25) is 0 Å². The van der Waals surface area contributed by atoms with Gasteiger partial charge in [-0.25, -0.2) is 0 Å². The van der Waals surface area contributed by atoms with Crippen LogP contribution in [0.1, 0.15) is 31.1 Å². The smallest absolute Gasteiger partial charge is 0.292 e. The molecular formula is C24H15EuF3O4. The normalized spacial score (nSPS) is 11.2. The molecule has 0 atom stereocenters. The van der Waals surface area contributed by atoms with Crippen molar-refractivity contribution in [3.05, 3.63) is 108 Å². The summed E-state index contributed by atoms with van der Waals surface area (Å²) < 4.78 is 41.3. The maximum absolute atomic E-state index is 13.8. The molecule has 32 heavy (non-hydrogen) atoms. The van der Waals surface area contributed by atoms with Gasteiger partial charge >= 0.3 is 6.18 Å². The first-order valence-corrected chi connectivity index (χ1v) is 9.12. The SMILES string of the molecule is O=C(c1ccccc1)C(C(=O)c1ccccc1)(C(=O)c1ccccc1)C(=O)C(F)(F)F.[Eu]. The van der Waals surface area contributed by atoms with Gasteiger partial charge in [-0.15, -0.1) is 0 Å². The van der Waals surface area contributed by atoms with Crippen LogP contribution in [-0.2, 0) is 4.79 Å². The summed E-state index contributed by atoms with van der Waals surface area (Å²) in [6.45, 7) is 0. The van der Waals surface area contributed by atoms with Gasteiger partial charge in [0.15, 0.2) is 17.3 Å². The van der Waals surface area contributed by atoms with E-state index in [1.54, 1.807) is 0 Å². The number of hydrogen-bond acceptors (Lipinski definition) is 4.